The van der Waals surface area contributed by atoms with Gasteiger partial charge in [-0.25, -0.2) is 4.68 Å². The van der Waals surface area contributed by atoms with Gasteiger partial charge in [0.1, 0.15) is 0 Å². The lowest BCUT2D eigenvalue weighted by atomic mass is 10.4. The highest BCUT2D eigenvalue weighted by Crippen LogP contribution is 2.26. The van der Waals surface area contributed by atoms with Crippen LogP contribution in [0.4, 0.5) is 0 Å². The Bertz CT molecular complexity index is 534. The van der Waals surface area contributed by atoms with Crippen molar-refractivity contribution in [2.45, 2.75) is 6.54 Å². The lowest BCUT2D eigenvalue weighted by Crippen LogP contribution is -2.24. The Kier molecular flexibility index (Phi) is 3.18. The molecule has 4 nitrogen and oxygen atoms in total. The first-order chi connectivity index (χ1) is 7.24. The average Bonchev–Trinajstić information content (AvgIpc) is 2.60. The summed E-state index contributed by atoms with van der Waals surface area (Å²) in [5.41, 5.74) is -0.0716. The van der Waals surface area contributed by atoms with Gasteiger partial charge in [0.05, 0.1) is 29.4 Å². The molecule has 0 aliphatic rings. The minimum absolute atomic E-state index is 0.0716. The normalized spacial score (nSPS) is 11.1. The number of hydrogen-bond acceptors (Lipinski definition) is 4. The molecule has 15 heavy (non-hydrogen) atoms. The van der Waals surface area contributed by atoms with Gasteiger partial charge < -0.3 is 4.74 Å². The lowest BCUT2D eigenvalue weighted by Gasteiger charge is -2.02. The van der Waals surface area contributed by atoms with Gasteiger partial charge in [-0.1, -0.05) is 0 Å². The molecular weight excluding hydrogens is 280 g/mol. The number of hydrogen-bond donors (Lipinski definition) is 0. The summed E-state index contributed by atoms with van der Waals surface area (Å²) in [5, 5.41) is 6.67. The van der Waals surface area contributed by atoms with Crippen molar-refractivity contribution in [3.8, 4) is 0 Å². The SMILES string of the molecule is COCCn1ncc2scc(Br)c2c1=O. The molecule has 0 saturated carbocycles. The topological polar surface area (TPSA) is 44.1 Å². The molecule has 2 aromatic heterocycles. The summed E-state index contributed by atoms with van der Waals surface area (Å²) in [6.07, 6.45) is 1.71. The second kappa shape index (κ2) is 4.42. The third kappa shape index (κ3) is 1.97. The van der Waals surface area contributed by atoms with E-state index >= 15 is 0 Å². The smallest absolute Gasteiger partial charge is 0.276 e. The van der Waals surface area contributed by atoms with Gasteiger partial charge in [-0.2, -0.15) is 5.10 Å². The minimum atomic E-state index is -0.0716. The van der Waals surface area contributed by atoms with Crippen LogP contribution < -0.4 is 5.56 Å². The van der Waals surface area contributed by atoms with Crippen molar-refractivity contribution in [2.24, 2.45) is 0 Å². The van der Waals surface area contributed by atoms with E-state index in [2.05, 4.69) is 21.0 Å². The van der Waals surface area contributed by atoms with E-state index in [9.17, 15) is 4.79 Å². The van der Waals surface area contributed by atoms with Crippen LogP contribution in [-0.4, -0.2) is 23.5 Å². The van der Waals surface area contributed by atoms with E-state index < -0.39 is 0 Å². The molecule has 2 heterocycles. The quantitative estimate of drug-likeness (QED) is 0.866. The van der Waals surface area contributed by atoms with Crippen LogP contribution in [0.3, 0.4) is 0 Å². The van der Waals surface area contributed by atoms with E-state index in [1.807, 2.05) is 5.38 Å². The number of methoxy groups -OCH3 is 1. The van der Waals surface area contributed by atoms with Crippen molar-refractivity contribution >= 4 is 37.4 Å². The molecule has 0 spiro atoms. The maximum Gasteiger partial charge on any atom is 0.276 e. The fraction of sp³-hybridized carbons (Fsp3) is 0.333. The molecule has 0 amide bonds. The second-order valence-electron chi connectivity index (χ2n) is 2.99. The molecule has 0 radical (unpaired) electrons. The molecule has 6 heteroatoms. The van der Waals surface area contributed by atoms with E-state index in [0.29, 0.717) is 18.5 Å². The highest BCUT2D eigenvalue weighted by molar-refractivity contribution is 9.10. The van der Waals surface area contributed by atoms with E-state index in [4.69, 9.17) is 4.74 Å². The number of aromatic nitrogens is 2. The highest BCUT2D eigenvalue weighted by Gasteiger charge is 2.08. The van der Waals surface area contributed by atoms with E-state index in [-0.39, 0.29) is 5.56 Å². The van der Waals surface area contributed by atoms with Gasteiger partial charge in [0.15, 0.2) is 0 Å². The zero-order valence-electron chi connectivity index (χ0n) is 8.07. The van der Waals surface area contributed by atoms with E-state index in [0.717, 1.165) is 9.17 Å². The van der Waals surface area contributed by atoms with Crippen LogP contribution in [0, 0.1) is 0 Å². The number of nitrogens with zero attached hydrogens (tertiary/aromatic N) is 2. The first-order valence-corrected chi connectivity index (χ1v) is 6.03. The Balaban J connectivity index is 2.54. The highest BCUT2D eigenvalue weighted by atomic mass is 79.9. The van der Waals surface area contributed by atoms with Gasteiger partial charge in [0.2, 0.25) is 0 Å². The summed E-state index contributed by atoms with van der Waals surface area (Å²) in [6.45, 7) is 0.966. The summed E-state index contributed by atoms with van der Waals surface area (Å²) in [5.74, 6) is 0. The van der Waals surface area contributed by atoms with Crippen molar-refractivity contribution in [2.75, 3.05) is 13.7 Å². The Morgan fingerprint density at radius 3 is 3.20 bits per heavy atom. The zero-order chi connectivity index (χ0) is 10.8. The van der Waals surface area contributed by atoms with Crippen molar-refractivity contribution < 1.29 is 4.74 Å². The number of ether oxygens (including phenoxy) is 1. The second-order valence-corrected chi connectivity index (χ2v) is 4.75. The summed E-state index contributed by atoms with van der Waals surface area (Å²) >= 11 is 4.86. The standard InChI is InChI=1S/C9H9BrN2O2S/c1-14-3-2-12-9(13)8-6(10)5-15-7(8)4-11-12/h4-5H,2-3H2,1H3. The largest absolute Gasteiger partial charge is 0.383 e. The molecule has 2 rings (SSSR count). The molecule has 80 valence electrons. The first kappa shape index (κ1) is 10.8. The lowest BCUT2D eigenvalue weighted by molar-refractivity contribution is 0.182. The molecule has 0 fully saturated rings. The van der Waals surface area contributed by atoms with Crippen LogP contribution in [0.5, 0.6) is 0 Å². The molecule has 0 atom stereocenters. The Morgan fingerprint density at radius 1 is 1.67 bits per heavy atom. The van der Waals surface area contributed by atoms with Gasteiger partial charge in [-0.3, -0.25) is 4.79 Å². The molecule has 0 bridgehead atoms. The summed E-state index contributed by atoms with van der Waals surface area (Å²) in [4.78, 5) is 11.9. The van der Waals surface area contributed by atoms with Crippen molar-refractivity contribution in [1.29, 1.82) is 0 Å². The average molecular weight is 289 g/mol. The monoisotopic (exact) mass is 288 g/mol. The van der Waals surface area contributed by atoms with Gasteiger partial charge in [-0.15, -0.1) is 11.3 Å². The van der Waals surface area contributed by atoms with Crippen molar-refractivity contribution in [3.63, 3.8) is 0 Å². The molecule has 0 aliphatic heterocycles. The van der Waals surface area contributed by atoms with Crippen molar-refractivity contribution in [1.82, 2.24) is 9.78 Å². The van der Waals surface area contributed by atoms with Gasteiger partial charge in [0.25, 0.3) is 5.56 Å². The molecule has 0 saturated heterocycles. The molecule has 0 aliphatic carbocycles. The van der Waals surface area contributed by atoms with Crippen LogP contribution in [0.25, 0.3) is 10.1 Å². The van der Waals surface area contributed by atoms with Crippen LogP contribution in [0.1, 0.15) is 0 Å². The van der Waals surface area contributed by atoms with E-state index in [1.165, 1.54) is 16.0 Å². The fourth-order valence-electron chi connectivity index (χ4n) is 1.29. The van der Waals surface area contributed by atoms with Gasteiger partial charge >= 0.3 is 0 Å². The molecule has 2 aromatic rings. The molecule has 0 unspecified atom stereocenters. The Labute approximate surface area is 98.6 Å². The third-order valence-electron chi connectivity index (χ3n) is 2.04. The first-order valence-electron chi connectivity index (χ1n) is 4.36. The summed E-state index contributed by atoms with van der Waals surface area (Å²) in [7, 11) is 1.60. The maximum absolute atomic E-state index is 11.9. The minimum Gasteiger partial charge on any atom is -0.383 e. The van der Waals surface area contributed by atoms with Crippen LogP contribution >= 0.6 is 27.3 Å². The van der Waals surface area contributed by atoms with Crippen molar-refractivity contribution in [3.05, 3.63) is 26.4 Å². The summed E-state index contributed by atoms with van der Waals surface area (Å²) < 4.78 is 8.07. The zero-order valence-corrected chi connectivity index (χ0v) is 10.5. The molecule has 0 aromatic carbocycles. The molecular formula is C9H9BrN2O2S. The predicted octanol–water partition coefficient (Wildman–Crippen LogP) is 1.87. The van der Waals surface area contributed by atoms with Crippen LogP contribution in [0.15, 0.2) is 20.8 Å². The van der Waals surface area contributed by atoms with Gasteiger partial charge in [0, 0.05) is 17.0 Å². The maximum atomic E-state index is 11.9. The number of thiophene rings is 1. The number of rotatable bonds is 3. The number of fused-ring (bicyclic) bond motifs is 1. The predicted molar refractivity (Wildman–Crippen MR) is 63.5 cm³/mol. The fourth-order valence-corrected chi connectivity index (χ4v) is 2.86. The Morgan fingerprint density at radius 2 is 2.47 bits per heavy atom. The molecule has 0 N–H and O–H groups in total. The van der Waals surface area contributed by atoms with Crippen LogP contribution in [0.2, 0.25) is 0 Å². The van der Waals surface area contributed by atoms with Crippen LogP contribution in [-0.2, 0) is 11.3 Å². The van der Waals surface area contributed by atoms with Gasteiger partial charge in [-0.05, 0) is 15.9 Å². The van der Waals surface area contributed by atoms with E-state index in [1.54, 1.807) is 13.3 Å². The third-order valence-corrected chi connectivity index (χ3v) is 3.89. The number of halogens is 1. The Hall–Kier alpha value is -0.720. The summed E-state index contributed by atoms with van der Waals surface area (Å²) in [6, 6.07) is 0.